The molecule has 3 fully saturated rings. The number of esters is 2. The lowest BCUT2D eigenvalue weighted by Crippen LogP contribution is -2.18. The highest BCUT2D eigenvalue weighted by Crippen LogP contribution is 2.21. The molecule has 0 aromatic rings. The summed E-state index contributed by atoms with van der Waals surface area (Å²) >= 11 is 0. The van der Waals surface area contributed by atoms with Crippen LogP contribution in [0.25, 0.3) is 0 Å². The quantitative estimate of drug-likeness (QED) is 0.268. The zero-order valence-corrected chi connectivity index (χ0v) is 36.6. The minimum atomic E-state index is 0.00888. The van der Waals surface area contributed by atoms with Crippen molar-refractivity contribution < 1.29 is 23.8 Å². The van der Waals surface area contributed by atoms with E-state index in [1.54, 1.807) is 0 Å². The van der Waals surface area contributed by atoms with Gasteiger partial charge in [0.25, 0.3) is 0 Å². The lowest BCUT2D eigenvalue weighted by molar-refractivity contribution is -0.150. The molecule has 0 bridgehead atoms. The number of cyclic esters (lactones) is 2. The van der Waals surface area contributed by atoms with E-state index in [0.717, 1.165) is 57.1 Å². The van der Waals surface area contributed by atoms with Crippen molar-refractivity contribution in [1.29, 1.82) is 0 Å². The Morgan fingerprint density at radius 1 is 0.426 bits per heavy atom. The summed E-state index contributed by atoms with van der Waals surface area (Å²) in [6.45, 7) is 10.5. The fraction of sp³-hybridized carbons (Fsp3) is 0.918. The number of ether oxygens (including phenoxy) is 3. The first-order valence-corrected chi connectivity index (χ1v) is 24.2. The zero-order chi connectivity index (χ0) is 39.2. The van der Waals surface area contributed by atoms with Gasteiger partial charge in [0, 0.05) is 19.3 Å². The average molecular weight is 761 g/mol. The Morgan fingerprint density at radius 3 is 1.17 bits per heavy atom. The van der Waals surface area contributed by atoms with Gasteiger partial charge in [0.2, 0.25) is 0 Å². The summed E-state index contributed by atoms with van der Waals surface area (Å²) in [5, 5.41) is 0. The fourth-order valence-corrected chi connectivity index (χ4v) is 8.09. The maximum Gasteiger partial charge on any atom is 0.306 e. The third kappa shape index (κ3) is 33.8. The molecule has 3 unspecified atom stereocenters. The maximum atomic E-state index is 11.7. The van der Waals surface area contributed by atoms with Gasteiger partial charge in [0.1, 0.15) is 6.10 Å². The molecule has 0 aliphatic carbocycles. The summed E-state index contributed by atoms with van der Waals surface area (Å²) in [5.74, 6) is 1.07. The lowest BCUT2D eigenvalue weighted by Gasteiger charge is -2.19. The third-order valence-corrected chi connectivity index (χ3v) is 11.7. The molecule has 54 heavy (non-hydrogen) atoms. The highest BCUT2D eigenvalue weighted by atomic mass is 16.5. The molecule has 3 rings (SSSR count). The SMILES string of the molecule is C=C1CCCCCCCCCCCCC(CC)O1.CC1CCCCCCCCCCCCCC(=O)O1.CCCC1CCCCCCCCCCCC(=O)O1. The van der Waals surface area contributed by atoms with Crippen LogP contribution < -0.4 is 0 Å². The molecule has 5 nitrogen and oxygen atoms in total. The molecule has 5 heteroatoms. The molecule has 3 aliphatic rings. The third-order valence-electron chi connectivity index (χ3n) is 11.7. The molecule has 3 saturated heterocycles. The van der Waals surface area contributed by atoms with Gasteiger partial charge in [-0.15, -0.1) is 0 Å². The zero-order valence-electron chi connectivity index (χ0n) is 36.6. The summed E-state index contributed by atoms with van der Waals surface area (Å²) in [4.78, 5) is 23.3. The highest BCUT2D eigenvalue weighted by molar-refractivity contribution is 5.69. The topological polar surface area (TPSA) is 61.8 Å². The van der Waals surface area contributed by atoms with E-state index in [1.807, 2.05) is 6.92 Å². The Hall–Kier alpha value is -1.52. The van der Waals surface area contributed by atoms with Gasteiger partial charge in [-0.05, 0) is 77.6 Å². The number of allylic oxidation sites excluding steroid dienone is 1. The fourth-order valence-electron chi connectivity index (χ4n) is 8.09. The van der Waals surface area contributed by atoms with Gasteiger partial charge in [-0.25, -0.2) is 0 Å². The van der Waals surface area contributed by atoms with Gasteiger partial charge in [0.15, 0.2) is 0 Å². The summed E-state index contributed by atoms with van der Waals surface area (Å²) in [6, 6.07) is 0. The van der Waals surface area contributed by atoms with Crippen LogP contribution >= 0.6 is 0 Å². The van der Waals surface area contributed by atoms with Crippen LogP contribution in [0.2, 0.25) is 0 Å². The number of carbonyl (C=O) groups is 2. The van der Waals surface area contributed by atoms with Crippen LogP contribution in [0.15, 0.2) is 12.3 Å². The Bertz CT molecular complexity index is 855. The van der Waals surface area contributed by atoms with Gasteiger partial charge in [-0.2, -0.15) is 0 Å². The minimum absolute atomic E-state index is 0.00888. The highest BCUT2D eigenvalue weighted by Gasteiger charge is 2.14. The summed E-state index contributed by atoms with van der Waals surface area (Å²) in [5.41, 5.74) is 0. The maximum absolute atomic E-state index is 11.7. The van der Waals surface area contributed by atoms with Gasteiger partial charge in [-0.1, -0.05) is 181 Å². The van der Waals surface area contributed by atoms with Gasteiger partial charge < -0.3 is 14.2 Å². The molecule has 0 amide bonds. The van der Waals surface area contributed by atoms with Crippen molar-refractivity contribution in [2.45, 2.75) is 289 Å². The Balaban J connectivity index is 0.000000405. The molecule has 3 heterocycles. The predicted molar refractivity (Wildman–Crippen MR) is 231 cm³/mol. The van der Waals surface area contributed by atoms with E-state index in [2.05, 4.69) is 20.4 Å². The molecule has 0 saturated carbocycles. The lowest BCUT2D eigenvalue weighted by atomic mass is 10.0. The van der Waals surface area contributed by atoms with Gasteiger partial charge in [0.05, 0.1) is 18.0 Å². The van der Waals surface area contributed by atoms with Crippen LogP contribution in [0.5, 0.6) is 0 Å². The molecule has 0 aromatic heterocycles. The number of carbonyl (C=O) groups excluding carboxylic acids is 2. The number of rotatable bonds is 3. The van der Waals surface area contributed by atoms with Crippen LogP contribution in [-0.2, 0) is 23.8 Å². The van der Waals surface area contributed by atoms with Crippen molar-refractivity contribution in [1.82, 2.24) is 0 Å². The molecule has 3 aliphatic heterocycles. The first-order valence-electron chi connectivity index (χ1n) is 24.2. The van der Waals surface area contributed by atoms with Crippen molar-refractivity contribution in [2.24, 2.45) is 0 Å². The predicted octanol–water partition coefficient (Wildman–Crippen LogP) is 16.0. The number of hydrogen-bond acceptors (Lipinski definition) is 5. The van der Waals surface area contributed by atoms with Crippen molar-refractivity contribution in [3.63, 3.8) is 0 Å². The molecule has 0 radical (unpaired) electrons. The molecule has 0 aromatic carbocycles. The Labute approximate surface area is 336 Å². The number of hydrogen-bond donors (Lipinski definition) is 0. The van der Waals surface area contributed by atoms with E-state index in [-0.39, 0.29) is 24.1 Å². The molecule has 0 N–H and O–H groups in total. The summed E-state index contributed by atoms with van der Waals surface area (Å²) in [7, 11) is 0. The molecule has 0 spiro atoms. The average Bonchev–Trinajstić information content (AvgIpc) is 3.16. The van der Waals surface area contributed by atoms with Crippen LogP contribution in [0.3, 0.4) is 0 Å². The van der Waals surface area contributed by atoms with E-state index in [0.29, 0.717) is 18.9 Å². The molecule has 3 atom stereocenters. The van der Waals surface area contributed by atoms with Crippen LogP contribution in [0, 0.1) is 0 Å². The van der Waals surface area contributed by atoms with E-state index in [9.17, 15) is 9.59 Å². The standard InChI is InChI=1S/C17H32O.2C16H30O2/c1-3-17-15-13-11-9-7-5-4-6-8-10-12-14-16(2)18-17;1-15-13-11-9-7-5-3-2-4-6-8-10-12-14-16(17)18-15;1-2-12-15-13-10-8-6-4-3-5-7-9-11-14-16(17)18-15/h17H,2-15H2,1H3;2*15H,2-14H2,1H3. The summed E-state index contributed by atoms with van der Waals surface area (Å²) < 4.78 is 17.0. The van der Waals surface area contributed by atoms with E-state index >= 15 is 0 Å². The second-order valence-corrected chi connectivity index (χ2v) is 17.1. The molecular weight excluding hydrogens is 669 g/mol. The second kappa shape index (κ2) is 38.4. The monoisotopic (exact) mass is 761 g/mol. The second-order valence-electron chi connectivity index (χ2n) is 17.1. The van der Waals surface area contributed by atoms with E-state index < -0.39 is 0 Å². The van der Waals surface area contributed by atoms with Crippen molar-refractivity contribution in [3.8, 4) is 0 Å². The van der Waals surface area contributed by atoms with Crippen molar-refractivity contribution in [2.75, 3.05) is 0 Å². The Morgan fingerprint density at radius 2 is 0.759 bits per heavy atom. The minimum Gasteiger partial charge on any atom is -0.495 e. The largest absolute Gasteiger partial charge is 0.495 e. The smallest absolute Gasteiger partial charge is 0.306 e. The van der Waals surface area contributed by atoms with E-state index in [4.69, 9.17) is 14.2 Å². The van der Waals surface area contributed by atoms with Gasteiger partial charge in [-0.3, -0.25) is 9.59 Å². The van der Waals surface area contributed by atoms with Crippen LogP contribution in [0.1, 0.15) is 271 Å². The van der Waals surface area contributed by atoms with Crippen molar-refractivity contribution >= 4 is 11.9 Å². The normalized spacial score (nSPS) is 25.8. The molecule has 318 valence electrons. The van der Waals surface area contributed by atoms with Crippen LogP contribution in [-0.4, -0.2) is 30.3 Å². The molecular formula is C49H92O5. The summed E-state index contributed by atoms with van der Waals surface area (Å²) in [6.07, 6.45) is 49.2. The van der Waals surface area contributed by atoms with Gasteiger partial charge >= 0.3 is 11.9 Å². The van der Waals surface area contributed by atoms with Crippen LogP contribution in [0.4, 0.5) is 0 Å². The first kappa shape index (κ1) is 50.5. The first-order chi connectivity index (χ1) is 26.4. The van der Waals surface area contributed by atoms with Crippen molar-refractivity contribution in [3.05, 3.63) is 12.3 Å². The Kier molecular flexibility index (Phi) is 35.9. The van der Waals surface area contributed by atoms with E-state index in [1.165, 1.54) is 186 Å².